The fourth-order valence-corrected chi connectivity index (χ4v) is 1.63. The van der Waals surface area contributed by atoms with E-state index >= 15 is 0 Å². The first-order chi connectivity index (χ1) is 8.58. The first kappa shape index (κ1) is 12.6. The molecule has 0 spiro atoms. The van der Waals surface area contributed by atoms with Crippen LogP contribution in [0.15, 0.2) is 24.5 Å². The van der Waals surface area contributed by atoms with E-state index in [1.54, 1.807) is 36.9 Å². The maximum absolute atomic E-state index is 9.11. The van der Waals surface area contributed by atoms with Crippen molar-refractivity contribution >= 4 is 12.6 Å². The molecular weight excluding hydrogens is 233 g/mol. The van der Waals surface area contributed by atoms with Crippen molar-refractivity contribution in [2.75, 3.05) is 0 Å². The van der Waals surface area contributed by atoms with Crippen molar-refractivity contribution in [3.8, 4) is 5.75 Å². The fraction of sp³-hybridized carbons (Fsp3) is 0.273. The molecule has 0 unspecified atom stereocenters. The van der Waals surface area contributed by atoms with Gasteiger partial charge in [-0.1, -0.05) is 6.07 Å². The zero-order valence-electron chi connectivity index (χ0n) is 10.2. The van der Waals surface area contributed by atoms with Crippen LogP contribution >= 0.6 is 0 Å². The topological polar surface area (TPSA) is 80.4 Å². The minimum absolute atomic E-state index is 0.316. The van der Waals surface area contributed by atoms with Crippen molar-refractivity contribution in [2.45, 2.75) is 13.5 Å². The second kappa shape index (κ2) is 5.20. The van der Waals surface area contributed by atoms with E-state index in [9.17, 15) is 0 Å². The summed E-state index contributed by atoms with van der Waals surface area (Å²) in [6.07, 6.45) is 1.47. The molecule has 1 aromatic heterocycles. The third-order valence-electron chi connectivity index (χ3n) is 2.69. The van der Waals surface area contributed by atoms with E-state index < -0.39 is 7.12 Å². The Morgan fingerprint density at radius 2 is 2.17 bits per heavy atom. The van der Waals surface area contributed by atoms with Crippen molar-refractivity contribution in [1.82, 2.24) is 14.8 Å². The number of hydrogen-bond donors (Lipinski definition) is 2. The Labute approximate surface area is 105 Å². The molecule has 6 nitrogen and oxygen atoms in total. The second-order valence-corrected chi connectivity index (χ2v) is 3.98. The van der Waals surface area contributed by atoms with Gasteiger partial charge in [0.2, 0.25) is 0 Å². The highest BCUT2D eigenvalue weighted by Crippen LogP contribution is 2.13. The molecule has 0 atom stereocenters. The molecule has 0 bridgehead atoms. The number of nitrogens with zero attached hydrogens (tertiary/aromatic N) is 3. The van der Waals surface area contributed by atoms with Gasteiger partial charge in [0.1, 0.15) is 18.7 Å². The molecule has 0 saturated carbocycles. The second-order valence-electron chi connectivity index (χ2n) is 3.98. The monoisotopic (exact) mass is 247 g/mol. The number of aryl methyl sites for hydroxylation is 2. The summed E-state index contributed by atoms with van der Waals surface area (Å²) in [7, 11) is 0.333. The van der Waals surface area contributed by atoms with Gasteiger partial charge in [-0.25, -0.2) is 4.98 Å². The van der Waals surface area contributed by atoms with Crippen LogP contribution in [-0.2, 0) is 13.7 Å². The minimum Gasteiger partial charge on any atom is -0.486 e. The predicted octanol–water partition coefficient (Wildman–Crippen LogP) is -0.618. The van der Waals surface area contributed by atoms with Gasteiger partial charge in [0.25, 0.3) is 0 Å². The molecule has 0 saturated heterocycles. The lowest BCUT2D eigenvalue weighted by atomic mass is 9.77. The molecule has 0 radical (unpaired) electrons. The van der Waals surface area contributed by atoms with Crippen LogP contribution in [-0.4, -0.2) is 31.9 Å². The zero-order valence-corrected chi connectivity index (χ0v) is 10.2. The molecule has 0 amide bonds. The largest absolute Gasteiger partial charge is 0.488 e. The number of ether oxygens (including phenoxy) is 1. The zero-order chi connectivity index (χ0) is 13.1. The minimum atomic E-state index is -1.46. The average Bonchev–Trinajstić information content (AvgIpc) is 2.72. The van der Waals surface area contributed by atoms with Crippen molar-refractivity contribution in [1.29, 1.82) is 0 Å². The molecule has 2 N–H and O–H groups in total. The Hall–Kier alpha value is -1.86. The average molecular weight is 247 g/mol. The highest BCUT2D eigenvalue weighted by Gasteiger charge is 2.14. The summed E-state index contributed by atoms with van der Waals surface area (Å²) in [6.45, 7) is 2.11. The summed E-state index contributed by atoms with van der Waals surface area (Å²) >= 11 is 0. The lowest BCUT2D eigenvalue weighted by Crippen LogP contribution is -2.31. The first-order valence-corrected chi connectivity index (χ1v) is 5.50. The third kappa shape index (κ3) is 2.69. The van der Waals surface area contributed by atoms with Gasteiger partial charge in [-0.05, 0) is 30.1 Å². The molecule has 7 heteroatoms. The molecule has 2 rings (SSSR count). The van der Waals surface area contributed by atoms with Gasteiger partial charge in [0.15, 0.2) is 5.82 Å². The standard InChI is InChI=1S/C11H14BN3O3/c1-8-5-9(3-4-10(8)12(16)17)18-6-11-13-7-14-15(11)2/h3-5,7,16-17H,6H2,1-2H3. The van der Waals surface area contributed by atoms with Crippen molar-refractivity contribution in [3.63, 3.8) is 0 Å². The third-order valence-corrected chi connectivity index (χ3v) is 2.69. The van der Waals surface area contributed by atoms with Gasteiger partial charge in [-0.15, -0.1) is 0 Å². The Morgan fingerprint density at radius 1 is 1.39 bits per heavy atom. The van der Waals surface area contributed by atoms with Crippen LogP contribution in [0, 0.1) is 6.92 Å². The van der Waals surface area contributed by atoms with Crippen LogP contribution in [0.4, 0.5) is 0 Å². The lowest BCUT2D eigenvalue weighted by molar-refractivity contribution is 0.289. The molecule has 0 aliphatic carbocycles. The van der Waals surface area contributed by atoms with Gasteiger partial charge in [-0.3, -0.25) is 4.68 Å². The fourth-order valence-electron chi connectivity index (χ4n) is 1.63. The summed E-state index contributed by atoms with van der Waals surface area (Å²) < 4.78 is 7.20. The molecule has 94 valence electrons. The van der Waals surface area contributed by atoms with Gasteiger partial charge in [-0.2, -0.15) is 5.10 Å². The lowest BCUT2D eigenvalue weighted by Gasteiger charge is -2.09. The first-order valence-electron chi connectivity index (χ1n) is 5.50. The summed E-state index contributed by atoms with van der Waals surface area (Å²) in [5.41, 5.74) is 1.24. The van der Waals surface area contributed by atoms with E-state index in [-0.39, 0.29) is 0 Å². The number of rotatable bonds is 4. The Bertz CT molecular complexity index is 542. The highest BCUT2D eigenvalue weighted by atomic mass is 16.5. The van der Waals surface area contributed by atoms with E-state index in [0.717, 1.165) is 11.4 Å². The van der Waals surface area contributed by atoms with E-state index in [1.807, 2.05) is 0 Å². The molecule has 0 aliphatic heterocycles. The van der Waals surface area contributed by atoms with E-state index in [0.29, 0.717) is 17.8 Å². The van der Waals surface area contributed by atoms with Gasteiger partial charge >= 0.3 is 7.12 Å². The molecule has 1 heterocycles. The van der Waals surface area contributed by atoms with Gasteiger partial charge in [0, 0.05) is 7.05 Å². The molecule has 0 aliphatic rings. The summed E-state index contributed by atoms with van der Waals surface area (Å²) in [6, 6.07) is 5.08. The Kier molecular flexibility index (Phi) is 3.64. The summed E-state index contributed by atoms with van der Waals surface area (Å²) in [4.78, 5) is 4.05. The maximum Gasteiger partial charge on any atom is 0.488 e. The summed E-state index contributed by atoms with van der Waals surface area (Å²) in [5, 5.41) is 22.2. The van der Waals surface area contributed by atoms with Crippen LogP contribution in [0.2, 0.25) is 0 Å². The predicted molar refractivity (Wildman–Crippen MR) is 66.3 cm³/mol. The molecule has 0 fully saturated rings. The van der Waals surface area contributed by atoms with Crippen LogP contribution in [0.3, 0.4) is 0 Å². The molecule has 1 aromatic carbocycles. The van der Waals surface area contributed by atoms with Crippen molar-refractivity contribution in [3.05, 3.63) is 35.9 Å². The van der Waals surface area contributed by atoms with Crippen LogP contribution < -0.4 is 10.2 Å². The number of aromatic nitrogens is 3. The molecular formula is C11H14BN3O3. The quantitative estimate of drug-likeness (QED) is 0.704. The van der Waals surface area contributed by atoms with Gasteiger partial charge in [0.05, 0.1) is 0 Å². The highest BCUT2D eigenvalue weighted by molar-refractivity contribution is 6.59. The summed E-state index contributed by atoms with van der Waals surface area (Å²) in [5.74, 6) is 1.37. The number of benzene rings is 1. The Balaban J connectivity index is 2.07. The van der Waals surface area contributed by atoms with Crippen LogP contribution in [0.1, 0.15) is 11.4 Å². The van der Waals surface area contributed by atoms with Crippen LogP contribution in [0.25, 0.3) is 0 Å². The smallest absolute Gasteiger partial charge is 0.486 e. The van der Waals surface area contributed by atoms with E-state index in [2.05, 4.69) is 10.1 Å². The van der Waals surface area contributed by atoms with Crippen molar-refractivity contribution in [2.24, 2.45) is 7.05 Å². The molecule has 18 heavy (non-hydrogen) atoms. The van der Waals surface area contributed by atoms with Crippen LogP contribution in [0.5, 0.6) is 5.75 Å². The van der Waals surface area contributed by atoms with E-state index in [1.165, 1.54) is 6.33 Å². The normalized spacial score (nSPS) is 10.4. The Morgan fingerprint density at radius 3 is 2.72 bits per heavy atom. The molecule has 2 aromatic rings. The van der Waals surface area contributed by atoms with Crippen molar-refractivity contribution < 1.29 is 14.8 Å². The maximum atomic E-state index is 9.11. The SMILES string of the molecule is Cc1cc(OCc2ncnn2C)ccc1B(O)O. The van der Waals surface area contributed by atoms with Gasteiger partial charge < -0.3 is 14.8 Å². The van der Waals surface area contributed by atoms with E-state index in [4.69, 9.17) is 14.8 Å². The number of hydrogen-bond acceptors (Lipinski definition) is 5.